The zero-order valence-corrected chi connectivity index (χ0v) is 23.8. The van der Waals surface area contributed by atoms with E-state index in [2.05, 4.69) is 58.6 Å². The van der Waals surface area contributed by atoms with Gasteiger partial charge in [0.15, 0.2) is 10.7 Å². The number of nitrogens with one attached hydrogen (secondary N) is 3. The predicted octanol–water partition coefficient (Wildman–Crippen LogP) is 2.03. The Kier molecular flexibility index (Phi) is 8.66. The fraction of sp³-hybridized carbons (Fsp3) is 0.542. The molecule has 4 amide bonds. The van der Waals surface area contributed by atoms with Gasteiger partial charge in [-0.2, -0.15) is 0 Å². The molecule has 1 aromatic carbocycles. The predicted molar refractivity (Wildman–Crippen MR) is 145 cm³/mol. The number of amides is 4. The van der Waals surface area contributed by atoms with Gasteiger partial charge in [-0.15, -0.1) is 51.1 Å². The molecule has 0 bridgehead atoms. The molecule has 3 aliphatic rings. The van der Waals surface area contributed by atoms with Gasteiger partial charge in [-0.05, 0) is 44.2 Å². The number of benzene rings is 1. The summed E-state index contributed by atoms with van der Waals surface area (Å²) in [6.45, 7) is -1.17. The van der Waals surface area contributed by atoms with Crippen LogP contribution in [0.25, 0.3) is 0 Å². The highest BCUT2D eigenvalue weighted by Gasteiger charge is 2.74. The third-order valence-electron chi connectivity index (χ3n) is 7.47. The quantitative estimate of drug-likeness (QED) is 0.112. The number of carbonyl (C=O) groups excluding carboxylic acids is 5. The first-order valence-corrected chi connectivity index (χ1v) is 13.7. The normalized spacial score (nSPS) is 25.0. The highest BCUT2D eigenvalue weighted by atomic mass is 32.2. The van der Waals surface area contributed by atoms with E-state index < -0.39 is 74.6 Å². The highest BCUT2D eigenvalue weighted by molar-refractivity contribution is 8.00. The standard InChI is InChI=1S/C24H26F4N4O6S3/c25-13-3-1-2-4-14(13)30-18(35)19(36)32-22(39,11-21(6-7-21)23(32,40)41)20(37)31-15(9-12-5-8-29-17(12)34)16(33)10-38-24(26,27)28/h1-4,12,15,39-41H,5-11H2,(H,29,34)(H,30,35)(H,31,37)/t12-,15-,22+/m0/s1. The lowest BCUT2D eigenvalue weighted by molar-refractivity contribution is -0.321. The minimum Gasteiger partial charge on any atom is -0.356 e. The Morgan fingerprint density at radius 2 is 1.80 bits per heavy atom. The second kappa shape index (κ2) is 11.3. The number of hydrogen-bond donors (Lipinski definition) is 6. The highest BCUT2D eigenvalue weighted by Crippen LogP contribution is 2.70. The molecule has 0 unspecified atom stereocenters. The summed E-state index contributed by atoms with van der Waals surface area (Å²) in [5.41, 5.74) is -1.19. The number of Topliss-reactive ketones (excluding diaryl/α,β-unsaturated/α-hetero) is 1. The summed E-state index contributed by atoms with van der Waals surface area (Å²) in [6, 6.07) is 3.42. The number of carbonyl (C=O) groups is 5. The van der Waals surface area contributed by atoms with Crippen molar-refractivity contribution in [2.45, 2.75) is 53.6 Å². The molecule has 0 aromatic heterocycles. The van der Waals surface area contributed by atoms with Crippen LogP contribution >= 0.6 is 37.9 Å². The van der Waals surface area contributed by atoms with Crippen molar-refractivity contribution >= 4 is 73.0 Å². The van der Waals surface area contributed by atoms with Crippen molar-refractivity contribution in [1.82, 2.24) is 15.5 Å². The maximum atomic E-state index is 14.1. The Morgan fingerprint density at radius 3 is 2.37 bits per heavy atom. The van der Waals surface area contributed by atoms with Gasteiger partial charge in [-0.25, -0.2) is 4.39 Å². The molecular weight excluding hydrogens is 612 g/mol. The van der Waals surface area contributed by atoms with Crippen molar-refractivity contribution in [3.05, 3.63) is 30.1 Å². The number of nitrogens with zero attached hydrogens (tertiary/aromatic N) is 1. The van der Waals surface area contributed by atoms with Crippen molar-refractivity contribution in [2.24, 2.45) is 11.3 Å². The number of alkyl halides is 3. The number of rotatable bonds is 8. The first-order valence-electron chi connectivity index (χ1n) is 12.4. The number of hydrogen-bond acceptors (Lipinski definition) is 9. The van der Waals surface area contributed by atoms with E-state index in [9.17, 15) is 41.5 Å². The molecule has 1 saturated carbocycles. The van der Waals surface area contributed by atoms with Crippen molar-refractivity contribution in [2.75, 3.05) is 18.5 Å². The average Bonchev–Trinajstić information content (AvgIpc) is 3.52. The lowest BCUT2D eigenvalue weighted by atomic mass is 9.95. The molecule has 10 nitrogen and oxygen atoms in total. The minimum atomic E-state index is -5.13. The van der Waals surface area contributed by atoms with Gasteiger partial charge < -0.3 is 16.0 Å². The number of halogens is 4. The van der Waals surface area contributed by atoms with E-state index >= 15 is 0 Å². The Balaban J connectivity index is 1.60. The van der Waals surface area contributed by atoms with E-state index in [0.717, 1.165) is 6.07 Å². The van der Waals surface area contributed by atoms with Crippen LogP contribution in [-0.4, -0.2) is 68.9 Å². The maximum absolute atomic E-state index is 14.1. The molecule has 17 heteroatoms. The zero-order valence-electron chi connectivity index (χ0n) is 21.2. The lowest BCUT2D eigenvalue weighted by Crippen LogP contribution is -2.62. The molecule has 2 heterocycles. The van der Waals surface area contributed by atoms with Gasteiger partial charge in [-0.1, -0.05) is 12.1 Å². The van der Waals surface area contributed by atoms with Gasteiger partial charge in [-0.3, -0.25) is 33.6 Å². The van der Waals surface area contributed by atoms with Gasteiger partial charge in [0.1, 0.15) is 16.6 Å². The molecule has 0 radical (unpaired) electrons. The van der Waals surface area contributed by atoms with E-state index in [1.807, 2.05) is 0 Å². The molecule has 1 spiro atoms. The summed E-state index contributed by atoms with van der Waals surface area (Å²) in [7, 11) is 0. The molecule has 1 aromatic rings. The molecule has 2 aliphatic heterocycles. The molecule has 3 N–H and O–H groups in total. The van der Waals surface area contributed by atoms with Crippen molar-refractivity contribution < 1.29 is 46.3 Å². The van der Waals surface area contributed by atoms with Gasteiger partial charge >= 0.3 is 18.2 Å². The Morgan fingerprint density at radius 1 is 1.15 bits per heavy atom. The fourth-order valence-corrected chi connectivity index (χ4v) is 7.01. The zero-order chi connectivity index (χ0) is 30.4. The van der Waals surface area contributed by atoms with Crippen LogP contribution < -0.4 is 16.0 Å². The second-order valence-corrected chi connectivity index (χ2v) is 12.6. The number of thiol groups is 3. The van der Waals surface area contributed by atoms with E-state index in [0.29, 0.717) is 17.7 Å². The minimum absolute atomic E-state index is 0.176. The molecule has 224 valence electrons. The molecule has 3 fully saturated rings. The van der Waals surface area contributed by atoms with Gasteiger partial charge in [0, 0.05) is 17.9 Å². The summed E-state index contributed by atoms with van der Waals surface area (Å²) in [6.07, 6.45) is -4.50. The number of para-hydroxylation sites is 1. The summed E-state index contributed by atoms with van der Waals surface area (Å²) < 4.78 is 53.9. The molecular formula is C24H26F4N4O6S3. The van der Waals surface area contributed by atoms with Crippen LogP contribution in [0.1, 0.15) is 32.1 Å². The number of anilines is 1. The van der Waals surface area contributed by atoms with E-state index in [1.54, 1.807) is 0 Å². The monoisotopic (exact) mass is 638 g/mol. The maximum Gasteiger partial charge on any atom is 0.522 e. The van der Waals surface area contributed by atoms with Crippen LogP contribution in [0.2, 0.25) is 0 Å². The third-order valence-corrected chi connectivity index (χ3v) is 9.38. The Bertz CT molecular complexity index is 1280. The van der Waals surface area contributed by atoms with Crippen LogP contribution in [0.5, 0.6) is 0 Å². The first kappa shape index (κ1) is 31.4. The van der Waals surface area contributed by atoms with Crippen LogP contribution in [0.4, 0.5) is 23.2 Å². The summed E-state index contributed by atoms with van der Waals surface area (Å²) in [4.78, 5) is 63.6. The van der Waals surface area contributed by atoms with Crippen LogP contribution in [0.15, 0.2) is 24.3 Å². The van der Waals surface area contributed by atoms with Crippen molar-refractivity contribution in [3.63, 3.8) is 0 Å². The molecule has 1 aliphatic carbocycles. The number of ketones is 1. The summed E-state index contributed by atoms with van der Waals surface area (Å²) >= 11 is 13.5. The summed E-state index contributed by atoms with van der Waals surface area (Å²) in [5.74, 6) is -7.02. The second-order valence-electron chi connectivity index (χ2n) is 10.2. The fourth-order valence-electron chi connectivity index (χ4n) is 5.11. The van der Waals surface area contributed by atoms with E-state index in [4.69, 9.17) is 0 Å². The SMILES string of the molecule is O=C(Nc1ccccc1F)C(=O)N1C(S)(S)C2(CC2)C[C@@]1(S)C(=O)N[C@@H](C[C@@H]1CCNC1=O)C(=O)COC(F)(F)F. The van der Waals surface area contributed by atoms with Crippen molar-refractivity contribution in [3.8, 4) is 0 Å². The first-order chi connectivity index (χ1) is 19.0. The number of likely N-dealkylation sites (tertiary alicyclic amines) is 1. The van der Waals surface area contributed by atoms with Crippen LogP contribution in [0.3, 0.4) is 0 Å². The Hall–Kier alpha value is -2.50. The molecule has 2 saturated heterocycles. The van der Waals surface area contributed by atoms with E-state index in [1.165, 1.54) is 18.2 Å². The largest absolute Gasteiger partial charge is 0.522 e. The van der Waals surface area contributed by atoms with Gasteiger partial charge in [0.25, 0.3) is 5.91 Å². The smallest absolute Gasteiger partial charge is 0.356 e. The van der Waals surface area contributed by atoms with Crippen LogP contribution in [-0.2, 0) is 28.7 Å². The molecule has 4 rings (SSSR count). The molecule has 41 heavy (non-hydrogen) atoms. The summed E-state index contributed by atoms with van der Waals surface area (Å²) in [5, 5.41) is 7.00. The topological polar surface area (TPSA) is 134 Å². The Labute approximate surface area is 247 Å². The van der Waals surface area contributed by atoms with Crippen molar-refractivity contribution in [1.29, 1.82) is 0 Å². The average molecular weight is 639 g/mol. The third kappa shape index (κ3) is 6.32. The molecule has 3 atom stereocenters. The lowest BCUT2D eigenvalue weighted by Gasteiger charge is -2.40. The number of ether oxygens (including phenoxy) is 1. The van der Waals surface area contributed by atoms with Crippen LogP contribution in [0, 0.1) is 17.2 Å². The van der Waals surface area contributed by atoms with Gasteiger partial charge in [0.05, 0.1) is 11.7 Å². The van der Waals surface area contributed by atoms with E-state index in [-0.39, 0.29) is 31.5 Å². The van der Waals surface area contributed by atoms with Gasteiger partial charge in [0.2, 0.25) is 5.91 Å².